The number of thiophene rings is 1. The van der Waals surface area contributed by atoms with E-state index in [4.69, 9.17) is 10.5 Å². The minimum atomic E-state index is -0.0674. The van der Waals surface area contributed by atoms with E-state index >= 15 is 0 Å². The van der Waals surface area contributed by atoms with Gasteiger partial charge in [-0.3, -0.25) is 0 Å². The molecule has 4 nitrogen and oxygen atoms in total. The summed E-state index contributed by atoms with van der Waals surface area (Å²) in [6.07, 6.45) is 3.12. The largest absolute Gasteiger partial charge is 0.384 e. The molecule has 1 fully saturated rings. The van der Waals surface area contributed by atoms with E-state index in [9.17, 15) is 0 Å². The number of nitrogens with zero attached hydrogens (tertiary/aromatic N) is 1. The molecule has 2 aliphatic rings. The predicted molar refractivity (Wildman–Crippen MR) is 99.9 cm³/mol. The van der Waals surface area contributed by atoms with E-state index < -0.39 is 0 Å². The topological polar surface area (TPSA) is 60.2 Å². The van der Waals surface area contributed by atoms with E-state index in [2.05, 4.69) is 16.4 Å². The molecule has 0 bridgehead atoms. The van der Waals surface area contributed by atoms with Gasteiger partial charge in [0.25, 0.3) is 0 Å². The Labute approximate surface area is 152 Å². The summed E-state index contributed by atoms with van der Waals surface area (Å²) in [6.45, 7) is 2.89. The summed E-state index contributed by atoms with van der Waals surface area (Å²) in [7, 11) is 0. The quantitative estimate of drug-likeness (QED) is 0.803. The van der Waals surface area contributed by atoms with Gasteiger partial charge in [0.1, 0.15) is 11.4 Å². The third-order valence-corrected chi connectivity index (χ3v) is 5.79. The molecule has 1 spiro atoms. The third kappa shape index (κ3) is 3.35. The molecule has 0 atom stereocenters. The highest BCUT2D eigenvalue weighted by Crippen LogP contribution is 2.46. The van der Waals surface area contributed by atoms with Gasteiger partial charge in [0.2, 0.25) is 0 Å². The first kappa shape index (κ1) is 18.5. The van der Waals surface area contributed by atoms with Crippen LogP contribution in [0.4, 0.5) is 5.82 Å². The molecule has 7 heteroatoms. The van der Waals surface area contributed by atoms with Crippen molar-refractivity contribution >= 4 is 42.0 Å². The van der Waals surface area contributed by atoms with Crippen LogP contribution in [0, 0.1) is 0 Å². The Morgan fingerprint density at radius 2 is 2.00 bits per heavy atom. The first-order valence-corrected chi connectivity index (χ1v) is 8.29. The van der Waals surface area contributed by atoms with Crippen molar-refractivity contribution in [2.45, 2.75) is 24.9 Å². The van der Waals surface area contributed by atoms with E-state index in [-0.39, 0.29) is 30.4 Å². The Balaban J connectivity index is 0.000000960. The minimum absolute atomic E-state index is 0. The van der Waals surface area contributed by atoms with Gasteiger partial charge in [0, 0.05) is 4.88 Å². The summed E-state index contributed by atoms with van der Waals surface area (Å²) in [4.78, 5) is 7.07. The van der Waals surface area contributed by atoms with Gasteiger partial charge in [-0.2, -0.15) is 0 Å². The number of rotatable bonds is 1. The fourth-order valence-electron chi connectivity index (χ4n) is 3.34. The lowest BCUT2D eigenvalue weighted by Crippen LogP contribution is -2.43. The zero-order valence-corrected chi connectivity index (χ0v) is 15.2. The fourth-order valence-corrected chi connectivity index (χ4v) is 4.72. The molecule has 4 rings (SSSR count). The van der Waals surface area contributed by atoms with Gasteiger partial charge in [-0.05, 0) is 56.1 Å². The zero-order valence-electron chi connectivity index (χ0n) is 12.7. The van der Waals surface area contributed by atoms with E-state index in [0.717, 1.165) is 44.7 Å². The highest BCUT2D eigenvalue weighted by atomic mass is 35.5. The number of anilines is 1. The van der Waals surface area contributed by atoms with Crippen LogP contribution in [0.25, 0.3) is 10.6 Å². The van der Waals surface area contributed by atoms with Crippen molar-refractivity contribution in [1.82, 2.24) is 10.3 Å². The number of pyridine rings is 1. The van der Waals surface area contributed by atoms with Gasteiger partial charge in [-0.15, -0.1) is 36.2 Å². The fraction of sp³-hybridized carbons (Fsp3) is 0.438. The standard InChI is InChI=1S/C16H19N3OS.2ClH/c17-14-3-1-2-12(19-14)13-10-11-4-9-20-16(15(11)21-13)5-7-18-8-6-16;;/h1-3,10,18H,4-9H2,(H2,17,19);2*1H. The zero-order chi connectivity index (χ0) is 14.3. The average molecular weight is 374 g/mol. The number of aromatic nitrogens is 1. The second-order valence-electron chi connectivity index (χ2n) is 5.76. The van der Waals surface area contributed by atoms with Gasteiger partial charge < -0.3 is 15.8 Å². The number of nitrogen functional groups attached to an aromatic ring is 1. The average Bonchev–Trinajstić information content (AvgIpc) is 2.94. The Morgan fingerprint density at radius 3 is 2.74 bits per heavy atom. The minimum Gasteiger partial charge on any atom is -0.384 e. The number of hydrogen-bond donors (Lipinski definition) is 2. The molecule has 126 valence electrons. The SMILES string of the molecule is Cl.Cl.Nc1cccc(-c2cc3c(s2)C2(CCNCC2)OCC3)n1. The summed E-state index contributed by atoms with van der Waals surface area (Å²) >= 11 is 1.83. The molecule has 0 aliphatic carbocycles. The monoisotopic (exact) mass is 373 g/mol. The molecule has 23 heavy (non-hydrogen) atoms. The molecular weight excluding hydrogens is 353 g/mol. The molecule has 2 aromatic heterocycles. The lowest BCUT2D eigenvalue weighted by atomic mass is 9.86. The van der Waals surface area contributed by atoms with Crippen LogP contribution < -0.4 is 11.1 Å². The number of nitrogens with one attached hydrogen (secondary N) is 1. The van der Waals surface area contributed by atoms with E-state index in [0.29, 0.717) is 5.82 Å². The van der Waals surface area contributed by atoms with E-state index in [1.54, 1.807) is 0 Å². The Hall–Kier alpha value is -0.850. The Morgan fingerprint density at radius 1 is 1.22 bits per heavy atom. The van der Waals surface area contributed by atoms with Crippen LogP contribution in [0.15, 0.2) is 24.3 Å². The number of ether oxygens (including phenoxy) is 1. The van der Waals surface area contributed by atoms with Crippen LogP contribution in [-0.2, 0) is 16.8 Å². The summed E-state index contributed by atoms with van der Waals surface area (Å²) < 4.78 is 6.23. The molecule has 0 amide bonds. The second kappa shape index (κ2) is 7.36. The molecular formula is C16H21Cl2N3OS. The van der Waals surface area contributed by atoms with Crippen LogP contribution in [0.1, 0.15) is 23.3 Å². The predicted octanol–water partition coefficient (Wildman–Crippen LogP) is 3.39. The lowest BCUT2D eigenvalue weighted by molar-refractivity contribution is -0.0771. The first-order valence-electron chi connectivity index (χ1n) is 7.48. The number of nitrogens with two attached hydrogens (primary N) is 1. The highest BCUT2D eigenvalue weighted by molar-refractivity contribution is 7.15. The van der Waals surface area contributed by atoms with Crippen molar-refractivity contribution in [2.24, 2.45) is 0 Å². The van der Waals surface area contributed by atoms with Gasteiger partial charge >= 0.3 is 0 Å². The van der Waals surface area contributed by atoms with Crippen molar-refractivity contribution in [1.29, 1.82) is 0 Å². The van der Waals surface area contributed by atoms with Crippen LogP contribution in [0.5, 0.6) is 0 Å². The maximum atomic E-state index is 6.23. The summed E-state index contributed by atoms with van der Waals surface area (Å²) in [6, 6.07) is 8.11. The molecule has 1 saturated heterocycles. The highest BCUT2D eigenvalue weighted by Gasteiger charge is 2.40. The molecule has 4 heterocycles. The maximum Gasteiger partial charge on any atom is 0.124 e. The lowest BCUT2D eigenvalue weighted by Gasteiger charge is -2.40. The van der Waals surface area contributed by atoms with E-state index in [1.807, 2.05) is 29.5 Å². The summed E-state index contributed by atoms with van der Waals surface area (Å²) in [5.41, 5.74) is 8.16. The molecule has 0 aromatic carbocycles. The Bertz CT molecular complexity index is 671. The van der Waals surface area contributed by atoms with Crippen LogP contribution in [0.2, 0.25) is 0 Å². The maximum absolute atomic E-state index is 6.23. The van der Waals surface area contributed by atoms with Gasteiger partial charge in [0.05, 0.1) is 17.2 Å². The van der Waals surface area contributed by atoms with Crippen molar-refractivity contribution in [3.63, 3.8) is 0 Å². The number of hydrogen-bond acceptors (Lipinski definition) is 5. The normalized spacial score (nSPS) is 18.6. The number of halogens is 2. The summed E-state index contributed by atoms with van der Waals surface area (Å²) in [5, 5.41) is 3.43. The molecule has 0 radical (unpaired) electrons. The molecule has 0 saturated carbocycles. The van der Waals surface area contributed by atoms with Crippen molar-refractivity contribution < 1.29 is 4.74 Å². The first-order chi connectivity index (χ1) is 10.3. The summed E-state index contributed by atoms with van der Waals surface area (Å²) in [5.74, 6) is 0.576. The molecule has 2 aliphatic heterocycles. The third-order valence-electron chi connectivity index (χ3n) is 4.41. The number of piperidine rings is 1. The van der Waals surface area contributed by atoms with Gasteiger partial charge in [-0.1, -0.05) is 6.07 Å². The number of fused-ring (bicyclic) bond motifs is 2. The van der Waals surface area contributed by atoms with Crippen LogP contribution in [-0.4, -0.2) is 24.7 Å². The van der Waals surface area contributed by atoms with Crippen molar-refractivity contribution in [3.8, 4) is 10.6 Å². The van der Waals surface area contributed by atoms with Gasteiger partial charge in [0.15, 0.2) is 0 Å². The van der Waals surface area contributed by atoms with Crippen molar-refractivity contribution in [3.05, 3.63) is 34.7 Å². The van der Waals surface area contributed by atoms with E-state index in [1.165, 1.54) is 15.3 Å². The Kier molecular flexibility index (Phi) is 5.92. The van der Waals surface area contributed by atoms with Crippen LogP contribution in [0.3, 0.4) is 0 Å². The smallest absolute Gasteiger partial charge is 0.124 e. The molecule has 3 N–H and O–H groups in total. The van der Waals surface area contributed by atoms with Crippen LogP contribution >= 0.6 is 36.2 Å². The van der Waals surface area contributed by atoms with Crippen molar-refractivity contribution in [2.75, 3.05) is 25.4 Å². The van der Waals surface area contributed by atoms with Gasteiger partial charge in [-0.25, -0.2) is 4.98 Å². The second-order valence-corrected chi connectivity index (χ2v) is 6.81. The molecule has 2 aromatic rings. The molecule has 0 unspecified atom stereocenters.